The van der Waals surface area contributed by atoms with Crippen molar-refractivity contribution in [2.45, 2.75) is 25.4 Å². The SMILES string of the molecule is COC1(C)CCCN(C(=O)c2cnc(N)c(Cl)c2)C1. The summed E-state index contributed by atoms with van der Waals surface area (Å²) < 4.78 is 5.48. The van der Waals surface area contributed by atoms with Crippen molar-refractivity contribution in [1.82, 2.24) is 9.88 Å². The molecule has 1 aromatic rings. The molecule has 19 heavy (non-hydrogen) atoms. The molecule has 1 amide bonds. The van der Waals surface area contributed by atoms with Crippen LogP contribution in [-0.2, 0) is 4.74 Å². The molecule has 1 atom stereocenters. The molecule has 1 aliphatic rings. The fourth-order valence-electron chi connectivity index (χ4n) is 2.29. The number of nitrogens with two attached hydrogens (primary N) is 1. The summed E-state index contributed by atoms with van der Waals surface area (Å²) in [6.07, 6.45) is 3.34. The molecule has 6 heteroatoms. The van der Waals surface area contributed by atoms with Gasteiger partial charge < -0.3 is 15.4 Å². The number of piperidine rings is 1. The van der Waals surface area contributed by atoms with Gasteiger partial charge in [-0.1, -0.05) is 11.6 Å². The number of hydrogen-bond acceptors (Lipinski definition) is 4. The topological polar surface area (TPSA) is 68.5 Å². The summed E-state index contributed by atoms with van der Waals surface area (Å²) in [5, 5.41) is 0.303. The fourth-order valence-corrected chi connectivity index (χ4v) is 2.46. The lowest BCUT2D eigenvalue weighted by molar-refractivity contribution is -0.0440. The maximum absolute atomic E-state index is 12.4. The maximum atomic E-state index is 12.4. The smallest absolute Gasteiger partial charge is 0.255 e. The Bertz CT molecular complexity index is 495. The van der Waals surface area contributed by atoms with Crippen LogP contribution in [-0.4, -0.2) is 41.6 Å². The predicted octanol–water partition coefficient (Wildman–Crippen LogP) is 1.96. The molecule has 0 aromatic carbocycles. The summed E-state index contributed by atoms with van der Waals surface area (Å²) in [5.41, 5.74) is 5.72. The Balaban J connectivity index is 2.17. The van der Waals surface area contributed by atoms with Crippen LogP contribution in [0.25, 0.3) is 0 Å². The molecule has 1 fully saturated rings. The largest absolute Gasteiger partial charge is 0.382 e. The number of methoxy groups -OCH3 is 1. The first-order chi connectivity index (χ1) is 8.95. The molecule has 0 radical (unpaired) electrons. The molecule has 1 aromatic heterocycles. The van der Waals surface area contributed by atoms with E-state index in [0.717, 1.165) is 19.4 Å². The third-order valence-corrected chi connectivity index (χ3v) is 3.86. The van der Waals surface area contributed by atoms with Crippen LogP contribution in [0, 0.1) is 0 Å². The number of pyridine rings is 1. The van der Waals surface area contributed by atoms with Gasteiger partial charge in [-0.3, -0.25) is 4.79 Å². The monoisotopic (exact) mass is 283 g/mol. The number of likely N-dealkylation sites (tertiary alicyclic amines) is 1. The number of rotatable bonds is 2. The van der Waals surface area contributed by atoms with Crippen LogP contribution in [0.1, 0.15) is 30.1 Å². The Kier molecular flexibility index (Phi) is 3.96. The highest BCUT2D eigenvalue weighted by Crippen LogP contribution is 2.25. The average molecular weight is 284 g/mol. The number of carbonyl (C=O) groups is 1. The van der Waals surface area contributed by atoms with Crippen LogP contribution in [0.3, 0.4) is 0 Å². The van der Waals surface area contributed by atoms with Crippen molar-refractivity contribution in [3.63, 3.8) is 0 Å². The lowest BCUT2D eigenvalue weighted by atomic mass is 9.94. The number of hydrogen-bond donors (Lipinski definition) is 1. The summed E-state index contributed by atoms with van der Waals surface area (Å²) in [5.74, 6) is 0.149. The quantitative estimate of drug-likeness (QED) is 0.901. The van der Waals surface area contributed by atoms with Gasteiger partial charge in [0.2, 0.25) is 0 Å². The molecule has 2 N–H and O–H groups in total. The van der Waals surface area contributed by atoms with E-state index in [0.29, 0.717) is 17.1 Å². The molecule has 0 saturated carbocycles. The van der Waals surface area contributed by atoms with Crippen molar-refractivity contribution in [3.8, 4) is 0 Å². The first kappa shape index (κ1) is 14.1. The summed E-state index contributed by atoms with van der Waals surface area (Å²) in [6.45, 7) is 3.31. The lowest BCUT2D eigenvalue weighted by Crippen LogP contribution is -2.49. The minimum Gasteiger partial charge on any atom is -0.382 e. The molecule has 104 valence electrons. The summed E-state index contributed by atoms with van der Waals surface area (Å²) in [4.78, 5) is 18.1. The minimum atomic E-state index is -0.279. The van der Waals surface area contributed by atoms with Gasteiger partial charge in [0.25, 0.3) is 5.91 Å². The van der Waals surface area contributed by atoms with Gasteiger partial charge in [-0.05, 0) is 25.8 Å². The average Bonchev–Trinajstić information content (AvgIpc) is 2.41. The Morgan fingerprint density at radius 3 is 3.00 bits per heavy atom. The van der Waals surface area contributed by atoms with Crippen LogP contribution in [0.15, 0.2) is 12.3 Å². The molecule has 0 aliphatic carbocycles. The highest BCUT2D eigenvalue weighted by Gasteiger charge is 2.33. The first-order valence-electron chi connectivity index (χ1n) is 6.21. The third-order valence-electron chi connectivity index (χ3n) is 3.56. The molecule has 2 rings (SSSR count). The molecule has 1 aliphatic heterocycles. The van der Waals surface area contributed by atoms with Gasteiger partial charge >= 0.3 is 0 Å². The van der Waals surface area contributed by atoms with Gasteiger partial charge in [-0.15, -0.1) is 0 Å². The zero-order valence-electron chi connectivity index (χ0n) is 11.1. The molecule has 0 bridgehead atoms. The van der Waals surface area contributed by atoms with Crippen LogP contribution in [0.5, 0.6) is 0 Å². The second kappa shape index (κ2) is 5.35. The molecular weight excluding hydrogens is 266 g/mol. The minimum absolute atomic E-state index is 0.0858. The van der Waals surface area contributed by atoms with E-state index in [1.54, 1.807) is 18.1 Å². The van der Waals surface area contributed by atoms with E-state index in [2.05, 4.69) is 4.98 Å². The number of amides is 1. The second-order valence-corrected chi connectivity index (χ2v) is 5.48. The molecule has 0 spiro atoms. The number of ether oxygens (including phenoxy) is 1. The van der Waals surface area contributed by atoms with Gasteiger partial charge in [0.15, 0.2) is 0 Å². The van der Waals surface area contributed by atoms with E-state index >= 15 is 0 Å². The predicted molar refractivity (Wildman–Crippen MR) is 74.2 cm³/mol. The van der Waals surface area contributed by atoms with Crippen LogP contribution < -0.4 is 5.73 Å². The van der Waals surface area contributed by atoms with E-state index in [9.17, 15) is 4.79 Å². The van der Waals surface area contributed by atoms with E-state index < -0.39 is 0 Å². The zero-order valence-corrected chi connectivity index (χ0v) is 11.9. The van der Waals surface area contributed by atoms with Crippen molar-refractivity contribution in [3.05, 3.63) is 22.8 Å². The fraction of sp³-hybridized carbons (Fsp3) is 0.538. The first-order valence-corrected chi connectivity index (χ1v) is 6.58. The van der Waals surface area contributed by atoms with Crippen molar-refractivity contribution < 1.29 is 9.53 Å². The van der Waals surface area contributed by atoms with Crippen molar-refractivity contribution in [1.29, 1.82) is 0 Å². The normalized spacial score (nSPS) is 23.4. The Labute approximate surface area is 117 Å². The second-order valence-electron chi connectivity index (χ2n) is 5.08. The number of carbonyl (C=O) groups excluding carboxylic acids is 1. The number of nitrogen functional groups attached to an aromatic ring is 1. The Morgan fingerprint density at radius 2 is 2.37 bits per heavy atom. The van der Waals surface area contributed by atoms with Gasteiger partial charge in [0.05, 0.1) is 16.2 Å². The summed E-state index contributed by atoms with van der Waals surface area (Å²) in [6, 6.07) is 1.56. The summed E-state index contributed by atoms with van der Waals surface area (Å²) >= 11 is 5.90. The zero-order chi connectivity index (χ0) is 14.0. The van der Waals surface area contributed by atoms with Crippen molar-refractivity contribution in [2.75, 3.05) is 25.9 Å². The van der Waals surface area contributed by atoms with Gasteiger partial charge in [-0.25, -0.2) is 4.98 Å². The number of anilines is 1. The van der Waals surface area contributed by atoms with E-state index in [1.807, 2.05) is 6.92 Å². The van der Waals surface area contributed by atoms with Crippen LogP contribution in [0.2, 0.25) is 5.02 Å². The molecule has 1 unspecified atom stereocenters. The highest BCUT2D eigenvalue weighted by molar-refractivity contribution is 6.33. The van der Waals surface area contributed by atoms with Crippen LogP contribution in [0.4, 0.5) is 5.82 Å². The number of aromatic nitrogens is 1. The Morgan fingerprint density at radius 1 is 1.63 bits per heavy atom. The van der Waals surface area contributed by atoms with Crippen molar-refractivity contribution in [2.24, 2.45) is 0 Å². The van der Waals surface area contributed by atoms with E-state index in [4.69, 9.17) is 22.1 Å². The standard InChI is InChI=1S/C13H18ClN3O2/c1-13(19-2)4-3-5-17(8-13)12(18)9-6-10(14)11(15)16-7-9/h6-7H,3-5,8H2,1-2H3,(H2,15,16). The number of nitrogens with zero attached hydrogens (tertiary/aromatic N) is 2. The number of halogens is 1. The molecular formula is C13H18ClN3O2. The van der Waals surface area contributed by atoms with Gasteiger partial charge in [0.1, 0.15) is 5.82 Å². The van der Waals surface area contributed by atoms with E-state index in [1.165, 1.54) is 6.20 Å². The molecule has 2 heterocycles. The Hall–Kier alpha value is -1.33. The van der Waals surface area contributed by atoms with Crippen LogP contribution >= 0.6 is 11.6 Å². The van der Waals surface area contributed by atoms with Gasteiger partial charge in [0, 0.05) is 26.4 Å². The molecule has 5 nitrogen and oxygen atoms in total. The third kappa shape index (κ3) is 2.98. The highest BCUT2D eigenvalue weighted by atomic mass is 35.5. The summed E-state index contributed by atoms with van der Waals surface area (Å²) in [7, 11) is 1.68. The molecule has 1 saturated heterocycles. The maximum Gasteiger partial charge on any atom is 0.255 e. The van der Waals surface area contributed by atoms with Gasteiger partial charge in [-0.2, -0.15) is 0 Å². The lowest BCUT2D eigenvalue weighted by Gasteiger charge is -2.39. The van der Waals surface area contributed by atoms with Crippen molar-refractivity contribution >= 4 is 23.3 Å². The van der Waals surface area contributed by atoms with E-state index in [-0.39, 0.29) is 17.3 Å².